The maximum absolute atomic E-state index is 5.50. The number of nitrogens with zero attached hydrogens (tertiary/aromatic N) is 4. The normalized spacial score (nSPS) is 10.9. The highest BCUT2D eigenvalue weighted by molar-refractivity contribution is 7.80. The van der Waals surface area contributed by atoms with Crippen LogP contribution in [0.4, 0.5) is 11.4 Å². The molecule has 0 bridgehead atoms. The first-order chi connectivity index (χ1) is 12.9. The van der Waals surface area contributed by atoms with E-state index in [0.717, 1.165) is 41.5 Å². The fourth-order valence-corrected chi connectivity index (χ4v) is 3.27. The number of nitrogens with one attached hydrogen (secondary N) is 2. The minimum Gasteiger partial charge on any atom is -0.330 e. The molecular weight excluding hydrogens is 356 g/mol. The van der Waals surface area contributed by atoms with Gasteiger partial charge in [-0.1, -0.05) is 29.8 Å². The van der Waals surface area contributed by atoms with Crippen molar-refractivity contribution in [3.63, 3.8) is 0 Å². The SMILES string of the molecule is CCn1ncc(NC(=S)Nc2c(C)nn(Cc3ccc(C)cc3)c2C)c1C. The molecule has 3 aromatic rings. The van der Waals surface area contributed by atoms with E-state index >= 15 is 0 Å². The molecule has 3 rings (SSSR count). The van der Waals surface area contributed by atoms with Crippen molar-refractivity contribution in [1.29, 1.82) is 0 Å². The average molecular weight is 383 g/mol. The third-order valence-corrected chi connectivity index (χ3v) is 4.93. The molecule has 6 nitrogen and oxygen atoms in total. The fraction of sp³-hybridized carbons (Fsp3) is 0.350. The van der Waals surface area contributed by atoms with Gasteiger partial charge in [-0.15, -0.1) is 0 Å². The van der Waals surface area contributed by atoms with Crippen LogP contribution < -0.4 is 10.6 Å². The first kappa shape index (κ1) is 19.1. The van der Waals surface area contributed by atoms with Crippen LogP contribution in [0.15, 0.2) is 30.5 Å². The van der Waals surface area contributed by atoms with Crippen LogP contribution in [0.5, 0.6) is 0 Å². The summed E-state index contributed by atoms with van der Waals surface area (Å²) < 4.78 is 3.94. The monoisotopic (exact) mass is 382 g/mol. The van der Waals surface area contributed by atoms with Crippen molar-refractivity contribution in [1.82, 2.24) is 19.6 Å². The van der Waals surface area contributed by atoms with Crippen LogP contribution in [-0.4, -0.2) is 24.7 Å². The minimum atomic E-state index is 0.537. The Hall–Kier alpha value is -2.67. The van der Waals surface area contributed by atoms with Crippen LogP contribution in [0.3, 0.4) is 0 Å². The second kappa shape index (κ2) is 7.92. The smallest absolute Gasteiger partial charge is 0.175 e. The third-order valence-electron chi connectivity index (χ3n) is 4.72. The van der Waals surface area contributed by atoms with E-state index in [2.05, 4.69) is 65.9 Å². The molecule has 142 valence electrons. The van der Waals surface area contributed by atoms with Crippen LogP contribution in [0.25, 0.3) is 0 Å². The molecule has 0 aliphatic carbocycles. The highest BCUT2D eigenvalue weighted by atomic mass is 32.1. The molecule has 0 aliphatic heterocycles. The van der Waals surface area contributed by atoms with E-state index in [1.165, 1.54) is 11.1 Å². The Labute approximate surface area is 165 Å². The zero-order valence-corrected chi connectivity index (χ0v) is 17.3. The van der Waals surface area contributed by atoms with Gasteiger partial charge in [0.05, 0.1) is 41.2 Å². The molecule has 0 amide bonds. The van der Waals surface area contributed by atoms with Crippen molar-refractivity contribution in [2.24, 2.45) is 0 Å². The van der Waals surface area contributed by atoms with Crippen LogP contribution in [-0.2, 0) is 13.1 Å². The summed E-state index contributed by atoms with van der Waals surface area (Å²) in [5, 5.41) is 16.1. The summed E-state index contributed by atoms with van der Waals surface area (Å²) in [6.07, 6.45) is 1.80. The summed E-state index contributed by atoms with van der Waals surface area (Å²) in [6, 6.07) is 8.52. The first-order valence-corrected chi connectivity index (χ1v) is 9.49. The van der Waals surface area contributed by atoms with E-state index in [0.29, 0.717) is 5.11 Å². The van der Waals surface area contributed by atoms with Gasteiger partial charge >= 0.3 is 0 Å². The van der Waals surface area contributed by atoms with Crippen molar-refractivity contribution >= 4 is 28.7 Å². The van der Waals surface area contributed by atoms with E-state index in [1.807, 2.05) is 23.2 Å². The van der Waals surface area contributed by atoms with Gasteiger partial charge in [0, 0.05) is 6.54 Å². The quantitative estimate of drug-likeness (QED) is 0.648. The highest BCUT2D eigenvalue weighted by Gasteiger charge is 2.14. The van der Waals surface area contributed by atoms with Crippen LogP contribution >= 0.6 is 12.2 Å². The molecule has 27 heavy (non-hydrogen) atoms. The van der Waals surface area contributed by atoms with Crippen LogP contribution in [0.2, 0.25) is 0 Å². The summed E-state index contributed by atoms with van der Waals surface area (Å²) >= 11 is 5.50. The van der Waals surface area contributed by atoms with Crippen molar-refractivity contribution in [2.45, 2.75) is 47.7 Å². The number of aryl methyl sites for hydroxylation is 3. The minimum absolute atomic E-state index is 0.537. The van der Waals surface area contributed by atoms with Gasteiger partial charge in [0.25, 0.3) is 0 Å². The molecule has 0 spiro atoms. The molecule has 0 fully saturated rings. The molecule has 2 N–H and O–H groups in total. The number of aromatic nitrogens is 4. The maximum atomic E-state index is 5.50. The van der Waals surface area contributed by atoms with Gasteiger partial charge in [0.1, 0.15) is 0 Å². The number of hydrogen-bond donors (Lipinski definition) is 2. The third kappa shape index (κ3) is 4.19. The second-order valence-electron chi connectivity index (χ2n) is 6.73. The molecule has 0 radical (unpaired) electrons. The molecule has 0 unspecified atom stereocenters. The average Bonchev–Trinajstić information content (AvgIpc) is 3.11. The van der Waals surface area contributed by atoms with Gasteiger partial charge in [-0.05, 0) is 52.4 Å². The fourth-order valence-electron chi connectivity index (χ4n) is 3.05. The van der Waals surface area contributed by atoms with Crippen molar-refractivity contribution in [3.05, 3.63) is 58.7 Å². The summed E-state index contributed by atoms with van der Waals surface area (Å²) in [5.74, 6) is 0. The highest BCUT2D eigenvalue weighted by Crippen LogP contribution is 2.21. The summed E-state index contributed by atoms with van der Waals surface area (Å²) in [7, 11) is 0. The number of benzene rings is 1. The first-order valence-electron chi connectivity index (χ1n) is 9.09. The molecule has 2 aromatic heterocycles. The molecule has 0 saturated heterocycles. The molecule has 2 heterocycles. The van der Waals surface area contributed by atoms with Gasteiger partial charge in [-0.25, -0.2) is 0 Å². The predicted molar refractivity (Wildman–Crippen MR) is 114 cm³/mol. The van der Waals surface area contributed by atoms with Gasteiger partial charge in [0.15, 0.2) is 5.11 Å². The molecule has 0 saturated carbocycles. The van der Waals surface area contributed by atoms with E-state index in [4.69, 9.17) is 12.2 Å². The predicted octanol–water partition coefficient (Wildman–Crippen LogP) is 4.19. The van der Waals surface area contributed by atoms with E-state index < -0.39 is 0 Å². The van der Waals surface area contributed by atoms with Gasteiger partial charge < -0.3 is 10.6 Å². The molecule has 1 aromatic carbocycles. The number of thiocarbonyl (C=S) groups is 1. The lowest BCUT2D eigenvalue weighted by Crippen LogP contribution is -2.20. The zero-order chi connectivity index (χ0) is 19.6. The van der Waals surface area contributed by atoms with Crippen LogP contribution in [0, 0.1) is 27.7 Å². The number of anilines is 2. The molecule has 7 heteroatoms. The van der Waals surface area contributed by atoms with Gasteiger partial charge in [-0.3, -0.25) is 9.36 Å². The number of rotatable bonds is 5. The Kier molecular flexibility index (Phi) is 5.60. The topological polar surface area (TPSA) is 59.7 Å². The van der Waals surface area contributed by atoms with E-state index in [-0.39, 0.29) is 0 Å². The molecule has 0 atom stereocenters. The largest absolute Gasteiger partial charge is 0.330 e. The Morgan fingerprint density at radius 1 is 1.00 bits per heavy atom. The molecule has 0 aliphatic rings. The number of hydrogen-bond acceptors (Lipinski definition) is 3. The second-order valence-corrected chi connectivity index (χ2v) is 7.14. The lowest BCUT2D eigenvalue weighted by Gasteiger charge is -2.11. The Morgan fingerprint density at radius 3 is 2.33 bits per heavy atom. The lowest BCUT2D eigenvalue weighted by molar-refractivity contribution is 0.640. The summed E-state index contributed by atoms with van der Waals surface area (Å²) in [5.41, 5.74) is 7.37. The lowest BCUT2D eigenvalue weighted by atomic mass is 10.1. The van der Waals surface area contributed by atoms with E-state index in [9.17, 15) is 0 Å². The maximum Gasteiger partial charge on any atom is 0.175 e. The zero-order valence-electron chi connectivity index (χ0n) is 16.5. The van der Waals surface area contributed by atoms with Crippen LogP contribution in [0.1, 0.15) is 35.1 Å². The summed E-state index contributed by atoms with van der Waals surface area (Å²) in [6.45, 7) is 11.8. The van der Waals surface area contributed by atoms with Crippen molar-refractivity contribution < 1.29 is 0 Å². The Bertz CT molecular complexity index is 952. The Balaban J connectivity index is 1.73. The van der Waals surface area contributed by atoms with E-state index in [1.54, 1.807) is 6.20 Å². The summed E-state index contributed by atoms with van der Waals surface area (Å²) in [4.78, 5) is 0. The van der Waals surface area contributed by atoms with Crippen molar-refractivity contribution in [2.75, 3.05) is 10.6 Å². The Morgan fingerprint density at radius 2 is 1.70 bits per heavy atom. The standard InChI is InChI=1S/C20H26N6S/c1-6-25-15(4)18(11-21-25)22-20(27)23-19-14(3)24-26(16(19)5)12-17-9-7-13(2)8-10-17/h7-11H,6,12H2,1-5H3,(H2,22,23,27). The van der Waals surface area contributed by atoms with Crippen molar-refractivity contribution in [3.8, 4) is 0 Å². The molecular formula is C20H26N6S. The van der Waals surface area contributed by atoms with Gasteiger partial charge in [0.2, 0.25) is 0 Å². The van der Waals surface area contributed by atoms with Gasteiger partial charge in [-0.2, -0.15) is 10.2 Å².